The number of hydrogen-bond acceptors (Lipinski definition) is 4. The van der Waals surface area contributed by atoms with Crippen LogP contribution in [0.5, 0.6) is 0 Å². The molecule has 0 spiro atoms. The van der Waals surface area contributed by atoms with Gasteiger partial charge in [0.15, 0.2) is 0 Å². The van der Waals surface area contributed by atoms with E-state index in [1.54, 1.807) is 18.1 Å². The molecular weight excluding hydrogens is 308 g/mol. The zero-order valence-corrected chi connectivity index (χ0v) is 16.2. The first-order chi connectivity index (χ1) is 11.9. The maximum atomic E-state index is 6.52. The number of allylic oxidation sites excluding steroid dienone is 1. The van der Waals surface area contributed by atoms with E-state index < -0.39 is 0 Å². The number of likely N-dealkylation sites (N-methyl/N-ethyl adjacent to an activating group) is 1. The van der Waals surface area contributed by atoms with Gasteiger partial charge in [-0.05, 0) is 25.5 Å². The molecular formula is C21H32N4. The topological polar surface area (TPSA) is 58.5 Å². The summed E-state index contributed by atoms with van der Waals surface area (Å²) < 4.78 is 0. The average Bonchev–Trinajstić information content (AvgIpc) is 2.60. The zero-order valence-electron chi connectivity index (χ0n) is 16.2. The van der Waals surface area contributed by atoms with Gasteiger partial charge in [0.2, 0.25) is 0 Å². The summed E-state index contributed by atoms with van der Waals surface area (Å²) in [5.41, 5.74) is 12.0. The Kier molecular flexibility index (Phi) is 7.52. The monoisotopic (exact) mass is 340 g/mol. The predicted molar refractivity (Wildman–Crippen MR) is 111 cm³/mol. The molecule has 25 heavy (non-hydrogen) atoms. The Labute approximate surface area is 152 Å². The Balaban J connectivity index is 0.00000151. The lowest BCUT2D eigenvalue weighted by atomic mass is 9.95. The molecule has 4 nitrogen and oxygen atoms in total. The number of benzene rings is 1. The second-order valence-corrected chi connectivity index (χ2v) is 5.96. The van der Waals surface area contributed by atoms with E-state index in [9.17, 15) is 0 Å². The van der Waals surface area contributed by atoms with Gasteiger partial charge in [-0.3, -0.25) is 0 Å². The van der Waals surface area contributed by atoms with Crippen molar-refractivity contribution >= 4 is 11.4 Å². The first-order valence-corrected chi connectivity index (χ1v) is 8.75. The number of hydrazine groups is 1. The van der Waals surface area contributed by atoms with Gasteiger partial charge in [-0.1, -0.05) is 57.4 Å². The molecule has 0 bridgehead atoms. The van der Waals surface area contributed by atoms with E-state index in [4.69, 9.17) is 11.6 Å². The predicted octanol–water partition coefficient (Wildman–Crippen LogP) is 4.04. The lowest BCUT2D eigenvalue weighted by Gasteiger charge is -2.35. The van der Waals surface area contributed by atoms with Gasteiger partial charge in [-0.15, -0.1) is 0 Å². The van der Waals surface area contributed by atoms with E-state index in [-0.39, 0.29) is 0 Å². The van der Waals surface area contributed by atoms with Gasteiger partial charge in [0, 0.05) is 36.5 Å². The molecule has 0 unspecified atom stereocenters. The molecule has 0 saturated carbocycles. The minimum atomic E-state index is 0.321. The van der Waals surface area contributed by atoms with Crippen molar-refractivity contribution in [2.24, 2.45) is 11.6 Å². The van der Waals surface area contributed by atoms with Crippen molar-refractivity contribution in [2.75, 3.05) is 18.5 Å². The average molecular weight is 341 g/mol. The second-order valence-electron chi connectivity index (χ2n) is 5.96. The molecule has 1 aliphatic heterocycles. The number of fused-ring (bicyclic) bond motifs is 1. The third-order valence-corrected chi connectivity index (χ3v) is 4.13. The van der Waals surface area contributed by atoms with E-state index in [1.165, 1.54) is 0 Å². The summed E-state index contributed by atoms with van der Waals surface area (Å²) in [5, 5.41) is 1.55. The van der Waals surface area contributed by atoms with Gasteiger partial charge in [-0.2, -0.15) is 0 Å². The number of anilines is 1. The van der Waals surface area contributed by atoms with Crippen molar-refractivity contribution < 1.29 is 0 Å². The molecule has 4 heteroatoms. The molecule has 0 aromatic heterocycles. The first-order valence-electron chi connectivity index (χ1n) is 8.75. The minimum absolute atomic E-state index is 0.321. The third-order valence-electron chi connectivity index (χ3n) is 4.13. The standard InChI is InChI=1S/C19H26N4.C2H6/c1-6-14-12-23(13(3)4)17-11-9-8-10-16(17)18(20)19(22(5)21)15(14)7-2;1-2/h6-11,13H,1-2,12,20-21H2,3-5H3;1-2H3/b15-14-,19-18-;. The Morgan fingerprint density at radius 3 is 2.24 bits per heavy atom. The van der Waals surface area contributed by atoms with E-state index >= 15 is 0 Å². The zero-order chi connectivity index (χ0) is 19.1. The van der Waals surface area contributed by atoms with Crippen LogP contribution < -0.4 is 16.5 Å². The van der Waals surface area contributed by atoms with Gasteiger partial charge in [0.05, 0.1) is 11.4 Å². The Hall–Kier alpha value is -2.46. The van der Waals surface area contributed by atoms with Crippen LogP contribution in [0.1, 0.15) is 33.3 Å². The molecule has 136 valence electrons. The highest BCUT2D eigenvalue weighted by atomic mass is 15.4. The fourth-order valence-electron chi connectivity index (χ4n) is 2.97. The number of para-hydroxylation sites is 1. The van der Waals surface area contributed by atoms with Gasteiger partial charge in [0.1, 0.15) is 0 Å². The molecule has 1 aromatic carbocycles. The van der Waals surface area contributed by atoms with Crippen LogP contribution >= 0.6 is 0 Å². The maximum absolute atomic E-state index is 6.52. The molecule has 0 aliphatic carbocycles. The SMILES string of the molecule is C=C/C1=C(C=C)/C(N(C)N)=C(/N)c2ccccc2N(C(C)C)C1.CC. The summed E-state index contributed by atoms with van der Waals surface area (Å²) in [6, 6.07) is 8.47. The van der Waals surface area contributed by atoms with Gasteiger partial charge in [0.25, 0.3) is 0 Å². The van der Waals surface area contributed by atoms with Gasteiger partial charge >= 0.3 is 0 Å². The number of rotatable bonds is 4. The highest BCUT2D eigenvalue weighted by molar-refractivity contribution is 5.81. The van der Waals surface area contributed by atoms with Gasteiger partial charge < -0.3 is 15.6 Å². The van der Waals surface area contributed by atoms with E-state index in [0.717, 1.165) is 34.6 Å². The Morgan fingerprint density at radius 2 is 1.76 bits per heavy atom. The van der Waals surface area contributed by atoms with Crippen LogP contribution in [0, 0.1) is 0 Å². The summed E-state index contributed by atoms with van der Waals surface area (Å²) in [6.45, 7) is 17.0. The quantitative estimate of drug-likeness (QED) is 0.641. The molecule has 4 N–H and O–H groups in total. The van der Waals surface area contributed by atoms with Crippen molar-refractivity contribution in [1.82, 2.24) is 5.01 Å². The summed E-state index contributed by atoms with van der Waals surface area (Å²) in [4.78, 5) is 2.32. The van der Waals surface area contributed by atoms with Crippen molar-refractivity contribution in [3.63, 3.8) is 0 Å². The highest BCUT2D eigenvalue weighted by Gasteiger charge is 2.24. The number of nitrogens with zero attached hydrogens (tertiary/aromatic N) is 2. The van der Waals surface area contributed by atoms with E-state index in [0.29, 0.717) is 11.7 Å². The fraction of sp³-hybridized carbons (Fsp3) is 0.333. The lowest BCUT2D eigenvalue weighted by molar-refractivity contribution is 0.451. The normalized spacial score (nSPS) is 20.0. The summed E-state index contributed by atoms with van der Waals surface area (Å²) in [6.07, 6.45) is 3.66. The van der Waals surface area contributed by atoms with Gasteiger partial charge in [-0.25, -0.2) is 5.84 Å². The van der Waals surface area contributed by atoms with E-state index in [1.807, 2.05) is 38.1 Å². The summed E-state index contributed by atoms with van der Waals surface area (Å²) >= 11 is 0. The van der Waals surface area contributed by atoms with Crippen molar-refractivity contribution in [2.45, 2.75) is 33.7 Å². The third kappa shape index (κ3) is 4.15. The molecule has 0 radical (unpaired) electrons. The van der Waals surface area contributed by atoms with E-state index in [2.05, 4.69) is 38.0 Å². The van der Waals surface area contributed by atoms with Crippen LogP contribution in [0.2, 0.25) is 0 Å². The molecule has 0 amide bonds. The Morgan fingerprint density at radius 1 is 1.16 bits per heavy atom. The van der Waals surface area contributed by atoms with Crippen LogP contribution in [0.4, 0.5) is 5.69 Å². The van der Waals surface area contributed by atoms with Crippen LogP contribution in [0.25, 0.3) is 5.70 Å². The fourth-order valence-corrected chi connectivity index (χ4v) is 2.97. The molecule has 1 aliphatic rings. The smallest absolute Gasteiger partial charge is 0.0826 e. The number of nitrogens with two attached hydrogens (primary N) is 2. The highest BCUT2D eigenvalue weighted by Crippen LogP contribution is 2.35. The van der Waals surface area contributed by atoms with Crippen LogP contribution in [-0.2, 0) is 0 Å². The van der Waals surface area contributed by atoms with Crippen molar-refractivity contribution in [3.05, 3.63) is 72.0 Å². The molecule has 1 heterocycles. The molecule has 2 rings (SSSR count). The summed E-state index contributed by atoms with van der Waals surface area (Å²) in [5.74, 6) is 6.08. The maximum Gasteiger partial charge on any atom is 0.0826 e. The molecule has 0 saturated heterocycles. The molecule has 0 atom stereocenters. The minimum Gasteiger partial charge on any atom is -0.396 e. The Bertz CT molecular complexity index is 681. The first kappa shape index (κ1) is 20.6. The second kappa shape index (κ2) is 9.14. The van der Waals surface area contributed by atoms with Crippen LogP contribution in [-0.4, -0.2) is 24.6 Å². The molecule has 1 aromatic rings. The van der Waals surface area contributed by atoms with Crippen LogP contribution in [0.15, 0.2) is 66.4 Å². The van der Waals surface area contributed by atoms with Crippen LogP contribution in [0.3, 0.4) is 0 Å². The number of hydrogen-bond donors (Lipinski definition) is 2. The lowest BCUT2D eigenvalue weighted by Crippen LogP contribution is -2.36. The summed E-state index contributed by atoms with van der Waals surface area (Å²) in [7, 11) is 1.79. The van der Waals surface area contributed by atoms with Crippen molar-refractivity contribution in [3.8, 4) is 0 Å². The largest absolute Gasteiger partial charge is 0.396 e. The molecule has 0 fully saturated rings. The van der Waals surface area contributed by atoms with Crippen molar-refractivity contribution in [1.29, 1.82) is 0 Å².